The van der Waals surface area contributed by atoms with Crippen molar-refractivity contribution in [3.05, 3.63) is 71.5 Å². The number of nitrogens with zero attached hydrogens (tertiary/aromatic N) is 2. The standard InChI is InChI=1S/C29H29N3O4/c1-4-28-31-23-11-9-20(34-3)14-26(23)32(28)25-7-5-6-22-24(16-36-29(22)25)30-19-8-10-21-18(12-17(2)33)15-35-27(21)13-19/h5-11,13-14,18,24,30H,4,12,15-16H2,1-3H3. The number of aryl methyl sites for hydroxylation is 1. The third kappa shape index (κ3) is 3.75. The minimum atomic E-state index is 0.00168. The van der Waals surface area contributed by atoms with Gasteiger partial charge >= 0.3 is 0 Å². The maximum absolute atomic E-state index is 11.6. The Kier molecular flexibility index (Phi) is 5.55. The lowest BCUT2D eigenvalue weighted by Gasteiger charge is -2.15. The number of hydrogen-bond acceptors (Lipinski definition) is 6. The van der Waals surface area contributed by atoms with E-state index in [1.54, 1.807) is 14.0 Å². The topological polar surface area (TPSA) is 74.6 Å². The van der Waals surface area contributed by atoms with Gasteiger partial charge in [0.1, 0.15) is 35.5 Å². The molecule has 3 aromatic carbocycles. The molecule has 2 aliphatic heterocycles. The third-order valence-corrected chi connectivity index (χ3v) is 7.05. The molecule has 0 saturated heterocycles. The predicted octanol–water partition coefficient (Wildman–Crippen LogP) is 5.60. The molecule has 1 aromatic heterocycles. The molecule has 2 aliphatic rings. The first-order valence-corrected chi connectivity index (χ1v) is 12.4. The van der Waals surface area contributed by atoms with Crippen LogP contribution in [0.2, 0.25) is 0 Å². The fourth-order valence-corrected chi connectivity index (χ4v) is 5.35. The summed E-state index contributed by atoms with van der Waals surface area (Å²) in [6.07, 6.45) is 1.31. The van der Waals surface area contributed by atoms with Crippen molar-refractivity contribution >= 4 is 22.5 Å². The highest BCUT2D eigenvalue weighted by atomic mass is 16.5. The van der Waals surface area contributed by atoms with E-state index >= 15 is 0 Å². The van der Waals surface area contributed by atoms with Crippen molar-refractivity contribution in [2.75, 3.05) is 25.6 Å². The number of methoxy groups -OCH3 is 1. The summed E-state index contributed by atoms with van der Waals surface area (Å²) in [6, 6.07) is 18.4. The summed E-state index contributed by atoms with van der Waals surface area (Å²) < 4.78 is 19.8. The van der Waals surface area contributed by atoms with E-state index in [9.17, 15) is 4.79 Å². The second kappa shape index (κ2) is 8.90. The molecule has 6 rings (SSSR count). The van der Waals surface area contributed by atoms with Crippen LogP contribution in [-0.2, 0) is 11.2 Å². The molecule has 0 aliphatic carbocycles. The Hall–Kier alpha value is -4.00. The number of rotatable bonds is 7. The van der Waals surface area contributed by atoms with Crippen LogP contribution in [0, 0.1) is 0 Å². The number of benzene rings is 3. The molecule has 0 radical (unpaired) electrons. The summed E-state index contributed by atoms with van der Waals surface area (Å²) >= 11 is 0. The Morgan fingerprint density at radius 3 is 2.81 bits per heavy atom. The fourth-order valence-electron chi connectivity index (χ4n) is 5.35. The van der Waals surface area contributed by atoms with Gasteiger partial charge in [-0.3, -0.25) is 4.57 Å². The van der Waals surface area contributed by atoms with E-state index < -0.39 is 0 Å². The second-order valence-corrected chi connectivity index (χ2v) is 9.44. The molecule has 2 atom stereocenters. The van der Waals surface area contributed by atoms with E-state index in [1.165, 1.54) is 0 Å². The van der Waals surface area contributed by atoms with Gasteiger partial charge in [0, 0.05) is 47.7 Å². The first kappa shape index (κ1) is 22.5. The highest BCUT2D eigenvalue weighted by molar-refractivity contribution is 5.81. The predicted molar refractivity (Wildman–Crippen MR) is 139 cm³/mol. The van der Waals surface area contributed by atoms with Crippen molar-refractivity contribution in [3.8, 4) is 22.9 Å². The largest absolute Gasteiger partial charge is 0.497 e. The van der Waals surface area contributed by atoms with Crippen LogP contribution in [0.15, 0.2) is 54.6 Å². The zero-order chi connectivity index (χ0) is 24.8. The van der Waals surface area contributed by atoms with Crippen LogP contribution in [0.1, 0.15) is 49.2 Å². The van der Waals surface area contributed by atoms with Crippen molar-refractivity contribution in [2.45, 2.75) is 38.6 Å². The van der Waals surface area contributed by atoms with Crippen molar-refractivity contribution < 1.29 is 19.0 Å². The molecule has 2 unspecified atom stereocenters. The maximum atomic E-state index is 11.6. The molecule has 0 amide bonds. The van der Waals surface area contributed by atoms with Crippen LogP contribution in [0.25, 0.3) is 16.7 Å². The van der Waals surface area contributed by atoms with Crippen molar-refractivity contribution in [3.63, 3.8) is 0 Å². The second-order valence-electron chi connectivity index (χ2n) is 9.44. The minimum absolute atomic E-state index is 0.00168. The number of ketones is 1. The van der Waals surface area contributed by atoms with Gasteiger partial charge in [0.15, 0.2) is 0 Å². The van der Waals surface area contributed by atoms with E-state index in [4.69, 9.17) is 19.2 Å². The van der Waals surface area contributed by atoms with Crippen LogP contribution in [0.5, 0.6) is 17.2 Å². The number of aromatic nitrogens is 2. The lowest BCUT2D eigenvalue weighted by Crippen LogP contribution is -2.11. The summed E-state index contributed by atoms with van der Waals surface area (Å²) in [6.45, 7) is 4.82. The zero-order valence-electron chi connectivity index (χ0n) is 20.7. The normalized spacial score (nSPS) is 17.9. The molecule has 0 fully saturated rings. The first-order valence-electron chi connectivity index (χ1n) is 12.4. The van der Waals surface area contributed by atoms with Gasteiger partial charge in [0.05, 0.1) is 36.5 Å². The van der Waals surface area contributed by atoms with E-state index in [0.29, 0.717) is 19.6 Å². The molecule has 0 saturated carbocycles. The Labute approximate surface area is 210 Å². The molecule has 3 heterocycles. The number of imidazole rings is 1. The molecular formula is C29H29N3O4. The monoisotopic (exact) mass is 483 g/mol. The number of carbonyl (C=O) groups excluding carboxylic acids is 1. The Balaban J connectivity index is 1.33. The Morgan fingerprint density at radius 1 is 1.11 bits per heavy atom. The molecule has 4 aromatic rings. The number of nitrogens with one attached hydrogen (secondary N) is 1. The van der Waals surface area contributed by atoms with Crippen molar-refractivity contribution in [1.29, 1.82) is 0 Å². The first-order chi connectivity index (χ1) is 17.6. The lowest BCUT2D eigenvalue weighted by molar-refractivity contribution is -0.117. The molecular weight excluding hydrogens is 454 g/mol. The van der Waals surface area contributed by atoms with Gasteiger partial charge in [-0.25, -0.2) is 4.98 Å². The van der Waals surface area contributed by atoms with Gasteiger partial charge in [0.25, 0.3) is 0 Å². The SMILES string of the molecule is CCc1nc2ccc(OC)cc2n1-c1cccc2c1OCC2Nc1ccc2c(c1)OCC2CC(C)=O. The van der Waals surface area contributed by atoms with Crippen LogP contribution < -0.4 is 19.5 Å². The van der Waals surface area contributed by atoms with E-state index in [1.807, 2.05) is 24.3 Å². The minimum Gasteiger partial charge on any atom is -0.497 e. The van der Waals surface area contributed by atoms with Gasteiger partial charge in [-0.15, -0.1) is 0 Å². The molecule has 184 valence electrons. The number of fused-ring (bicyclic) bond motifs is 3. The van der Waals surface area contributed by atoms with Crippen LogP contribution >= 0.6 is 0 Å². The maximum Gasteiger partial charge on any atom is 0.148 e. The van der Waals surface area contributed by atoms with Crippen LogP contribution in [-0.4, -0.2) is 35.7 Å². The number of para-hydroxylation sites is 1. The summed E-state index contributed by atoms with van der Waals surface area (Å²) in [5.74, 6) is 3.81. The average molecular weight is 484 g/mol. The summed E-state index contributed by atoms with van der Waals surface area (Å²) in [7, 11) is 1.68. The van der Waals surface area contributed by atoms with Gasteiger partial charge < -0.3 is 24.3 Å². The third-order valence-electron chi connectivity index (χ3n) is 7.05. The average Bonchev–Trinajstić information content (AvgIpc) is 3.58. The summed E-state index contributed by atoms with van der Waals surface area (Å²) in [5, 5.41) is 3.62. The molecule has 0 bridgehead atoms. The summed E-state index contributed by atoms with van der Waals surface area (Å²) in [5.41, 5.74) is 6.09. The van der Waals surface area contributed by atoms with Crippen LogP contribution in [0.3, 0.4) is 0 Å². The van der Waals surface area contributed by atoms with Crippen molar-refractivity contribution in [1.82, 2.24) is 9.55 Å². The van der Waals surface area contributed by atoms with E-state index in [-0.39, 0.29) is 17.7 Å². The molecule has 7 heteroatoms. The number of Topliss-reactive ketones (excluding diaryl/α,β-unsaturated/α-hetero) is 1. The lowest BCUT2D eigenvalue weighted by atomic mass is 9.96. The number of hydrogen-bond donors (Lipinski definition) is 1. The fraction of sp³-hybridized carbons (Fsp3) is 0.310. The summed E-state index contributed by atoms with van der Waals surface area (Å²) in [4.78, 5) is 16.4. The molecule has 1 N–H and O–H groups in total. The highest BCUT2D eigenvalue weighted by Gasteiger charge is 2.30. The molecule has 36 heavy (non-hydrogen) atoms. The van der Waals surface area contributed by atoms with E-state index in [2.05, 4.69) is 47.1 Å². The van der Waals surface area contributed by atoms with Gasteiger partial charge in [0.2, 0.25) is 0 Å². The van der Waals surface area contributed by atoms with E-state index in [0.717, 1.165) is 63.0 Å². The van der Waals surface area contributed by atoms with Crippen molar-refractivity contribution in [2.24, 2.45) is 0 Å². The molecule has 0 spiro atoms. The number of ether oxygens (including phenoxy) is 3. The quantitative estimate of drug-likeness (QED) is 0.369. The zero-order valence-corrected chi connectivity index (χ0v) is 20.7. The van der Waals surface area contributed by atoms with Gasteiger partial charge in [-0.05, 0) is 31.2 Å². The van der Waals surface area contributed by atoms with Crippen LogP contribution in [0.4, 0.5) is 5.69 Å². The Morgan fingerprint density at radius 2 is 2.00 bits per heavy atom. The number of anilines is 1. The Bertz CT molecular complexity index is 1480. The van der Waals surface area contributed by atoms with Gasteiger partial charge in [-0.2, -0.15) is 0 Å². The smallest absolute Gasteiger partial charge is 0.148 e. The number of carbonyl (C=O) groups is 1. The highest BCUT2D eigenvalue weighted by Crippen LogP contribution is 2.42. The van der Waals surface area contributed by atoms with Gasteiger partial charge in [-0.1, -0.05) is 25.1 Å². The molecule has 7 nitrogen and oxygen atoms in total.